The second-order valence-electron chi connectivity index (χ2n) is 14.4. The second kappa shape index (κ2) is 31.1. The van der Waals surface area contributed by atoms with Gasteiger partial charge in [-0.3, -0.25) is 0 Å². The molecule has 1 aromatic carbocycles. The molecule has 0 aromatic heterocycles. The van der Waals surface area contributed by atoms with Crippen molar-refractivity contribution in [2.75, 3.05) is 27.4 Å². The minimum Gasteiger partial charge on any atom is -0.497 e. The summed E-state index contributed by atoms with van der Waals surface area (Å²) in [6.07, 6.45) is 28.8. The first-order chi connectivity index (χ1) is 24.7. The van der Waals surface area contributed by atoms with Crippen LogP contribution in [0.5, 0.6) is 5.75 Å². The fraction of sp³-hybridized carbons (Fsp3) is 0.837. The Morgan fingerprint density at radius 2 is 0.960 bits per heavy atom. The minimum atomic E-state index is -0.809. The van der Waals surface area contributed by atoms with Crippen LogP contribution in [0.1, 0.15) is 174 Å². The fourth-order valence-corrected chi connectivity index (χ4v) is 6.93. The molecule has 0 aliphatic carbocycles. The largest absolute Gasteiger partial charge is 0.497 e. The molecule has 0 amide bonds. The van der Waals surface area contributed by atoms with Gasteiger partial charge in [0.1, 0.15) is 30.2 Å². The lowest BCUT2D eigenvalue weighted by Crippen LogP contribution is -2.61. The smallest absolute Gasteiger partial charge is 0.187 e. The van der Waals surface area contributed by atoms with Crippen molar-refractivity contribution in [2.45, 2.75) is 205 Å². The molecule has 0 spiro atoms. The standard InChI is InChI=1S/C43H76O7/c1-5-7-9-11-13-15-17-19-21-23-25-27-33-47-41-40(49-36-37-29-31-38(45-3)32-30-37)39(35-44)50-43(46-4)42(41)48-34-28-26-24-22-20-18-16-14-12-10-8-6-2/h29-32,35,39-43H,5-28,33-34,36H2,1-4H3/t39-,40-,41+,42-,43+/m1/s1. The van der Waals surface area contributed by atoms with E-state index in [1.54, 1.807) is 14.2 Å². The maximum absolute atomic E-state index is 12.3. The van der Waals surface area contributed by atoms with Crippen molar-refractivity contribution in [3.8, 4) is 5.75 Å². The van der Waals surface area contributed by atoms with Crippen LogP contribution >= 0.6 is 0 Å². The van der Waals surface area contributed by atoms with E-state index in [1.807, 2.05) is 24.3 Å². The molecule has 0 unspecified atom stereocenters. The summed E-state index contributed by atoms with van der Waals surface area (Å²) in [5.74, 6) is 0.790. The molecule has 5 atom stereocenters. The highest BCUT2D eigenvalue weighted by Gasteiger charge is 2.48. The van der Waals surface area contributed by atoms with E-state index in [2.05, 4.69) is 13.8 Å². The number of rotatable bonds is 34. The van der Waals surface area contributed by atoms with Crippen LogP contribution < -0.4 is 4.74 Å². The van der Waals surface area contributed by atoms with E-state index in [0.29, 0.717) is 19.8 Å². The zero-order valence-corrected chi connectivity index (χ0v) is 32.7. The molecule has 1 fully saturated rings. The van der Waals surface area contributed by atoms with Crippen molar-refractivity contribution in [1.82, 2.24) is 0 Å². The minimum absolute atomic E-state index is 0.323. The first kappa shape index (κ1) is 44.7. The van der Waals surface area contributed by atoms with Gasteiger partial charge in [0.25, 0.3) is 0 Å². The molecule has 0 saturated carbocycles. The molecule has 0 radical (unpaired) electrons. The second-order valence-corrected chi connectivity index (χ2v) is 14.4. The van der Waals surface area contributed by atoms with Gasteiger partial charge in [-0.1, -0.05) is 167 Å². The SMILES string of the molecule is CCCCCCCCCCCCCCO[C@@H]1[C@@H](OCCCCCCCCCCCCCC)[C@@H](OC)O[C@H](C=O)[C@H]1OCc1ccc(OC)cc1. The van der Waals surface area contributed by atoms with E-state index < -0.39 is 30.7 Å². The van der Waals surface area contributed by atoms with Gasteiger partial charge >= 0.3 is 0 Å². The van der Waals surface area contributed by atoms with Crippen LogP contribution in [0.4, 0.5) is 0 Å². The Labute approximate surface area is 307 Å². The third-order valence-corrected chi connectivity index (χ3v) is 10.1. The first-order valence-electron chi connectivity index (χ1n) is 20.8. The van der Waals surface area contributed by atoms with E-state index >= 15 is 0 Å². The van der Waals surface area contributed by atoms with Gasteiger partial charge in [0.05, 0.1) is 13.7 Å². The average molecular weight is 705 g/mol. The predicted octanol–water partition coefficient (Wildman–Crippen LogP) is 11.3. The lowest BCUT2D eigenvalue weighted by Gasteiger charge is -2.44. The van der Waals surface area contributed by atoms with Crippen molar-refractivity contribution >= 4 is 6.29 Å². The van der Waals surface area contributed by atoms with Gasteiger partial charge in [-0.2, -0.15) is 0 Å². The quantitative estimate of drug-likeness (QED) is 0.0522. The highest BCUT2D eigenvalue weighted by molar-refractivity contribution is 5.57. The number of carbonyl (C=O) groups excluding carboxylic acids is 1. The Balaban J connectivity index is 1.85. The van der Waals surface area contributed by atoms with Crippen molar-refractivity contribution in [3.63, 3.8) is 0 Å². The van der Waals surface area contributed by atoms with Gasteiger partial charge in [-0.05, 0) is 30.5 Å². The van der Waals surface area contributed by atoms with Gasteiger partial charge in [0, 0.05) is 20.3 Å². The summed E-state index contributed by atoms with van der Waals surface area (Å²) in [4.78, 5) is 12.3. The summed E-state index contributed by atoms with van der Waals surface area (Å²) >= 11 is 0. The average Bonchev–Trinajstić information content (AvgIpc) is 3.14. The van der Waals surface area contributed by atoms with Crippen LogP contribution in [0, 0.1) is 0 Å². The van der Waals surface area contributed by atoms with Crippen molar-refractivity contribution in [3.05, 3.63) is 29.8 Å². The molecule has 290 valence electrons. The number of aldehydes is 1. The lowest BCUT2D eigenvalue weighted by atomic mass is 9.98. The molecule has 7 nitrogen and oxygen atoms in total. The molecule has 7 heteroatoms. The van der Waals surface area contributed by atoms with E-state index in [4.69, 9.17) is 28.4 Å². The molecule has 1 heterocycles. The summed E-state index contributed by atoms with van der Waals surface area (Å²) in [6, 6.07) is 7.77. The maximum Gasteiger partial charge on any atom is 0.187 e. The van der Waals surface area contributed by atoms with Crippen molar-refractivity contribution < 1.29 is 33.2 Å². The Bertz CT molecular complexity index is 894. The molecular weight excluding hydrogens is 628 g/mol. The van der Waals surface area contributed by atoms with Gasteiger partial charge in [0.15, 0.2) is 12.6 Å². The number of unbranched alkanes of at least 4 members (excludes halogenated alkanes) is 22. The highest BCUT2D eigenvalue weighted by Crippen LogP contribution is 2.30. The molecule has 1 saturated heterocycles. The summed E-state index contributed by atoms with van der Waals surface area (Å²) < 4.78 is 36.6. The number of benzene rings is 1. The van der Waals surface area contributed by atoms with Crippen molar-refractivity contribution in [1.29, 1.82) is 0 Å². The van der Waals surface area contributed by atoms with Crippen LogP contribution in [0.15, 0.2) is 24.3 Å². The maximum atomic E-state index is 12.3. The van der Waals surface area contributed by atoms with E-state index in [1.165, 1.54) is 128 Å². The monoisotopic (exact) mass is 705 g/mol. The summed E-state index contributed by atoms with van der Waals surface area (Å²) in [5, 5.41) is 0. The number of ether oxygens (including phenoxy) is 6. The van der Waals surface area contributed by atoms with Crippen LogP contribution in [0.25, 0.3) is 0 Å². The third-order valence-electron chi connectivity index (χ3n) is 10.1. The Morgan fingerprint density at radius 1 is 0.540 bits per heavy atom. The van der Waals surface area contributed by atoms with Crippen LogP contribution in [0.2, 0.25) is 0 Å². The van der Waals surface area contributed by atoms with E-state index in [9.17, 15) is 4.79 Å². The predicted molar refractivity (Wildman–Crippen MR) is 205 cm³/mol. The molecule has 2 rings (SSSR count). The zero-order valence-electron chi connectivity index (χ0n) is 32.7. The zero-order chi connectivity index (χ0) is 35.9. The van der Waals surface area contributed by atoms with Crippen molar-refractivity contribution in [2.24, 2.45) is 0 Å². The Hall–Kier alpha value is -1.51. The molecule has 0 N–H and O–H groups in total. The normalized spacial score (nSPS) is 20.7. The molecule has 0 bridgehead atoms. The van der Waals surface area contributed by atoms with Gasteiger partial charge < -0.3 is 33.2 Å². The Kier molecular flexibility index (Phi) is 27.7. The fourth-order valence-electron chi connectivity index (χ4n) is 6.93. The number of hydrogen-bond acceptors (Lipinski definition) is 7. The van der Waals surface area contributed by atoms with Crippen LogP contribution in [0.3, 0.4) is 0 Å². The first-order valence-corrected chi connectivity index (χ1v) is 20.8. The number of methoxy groups -OCH3 is 2. The highest BCUT2D eigenvalue weighted by atomic mass is 16.7. The molecule has 50 heavy (non-hydrogen) atoms. The summed E-state index contributed by atoms with van der Waals surface area (Å²) in [7, 11) is 3.26. The number of hydrogen-bond donors (Lipinski definition) is 0. The van der Waals surface area contributed by atoms with E-state index in [0.717, 1.165) is 43.3 Å². The van der Waals surface area contributed by atoms with Gasteiger partial charge in [-0.25, -0.2) is 0 Å². The van der Waals surface area contributed by atoms with Gasteiger partial charge in [-0.15, -0.1) is 0 Å². The molecule has 1 aliphatic heterocycles. The molecule has 1 aromatic rings. The lowest BCUT2D eigenvalue weighted by molar-refractivity contribution is -0.305. The molecular formula is C43H76O7. The third kappa shape index (κ3) is 19.9. The van der Waals surface area contributed by atoms with Crippen LogP contribution in [-0.4, -0.2) is 64.4 Å². The van der Waals surface area contributed by atoms with E-state index in [-0.39, 0.29) is 0 Å². The Morgan fingerprint density at radius 3 is 1.36 bits per heavy atom. The summed E-state index contributed by atoms with van der Waals surface area (Å²) in [5.41, 5.74) is 0.984. The summed E-state index contributed by atoms with van der Waals surface area (Å²) in [6.45, 7) is 6.06. The topological polar surface area (TPSA) is 72.5 Å². The van der Waals surface area contributed by atoms with Crippen LogP contribution in [-0.2, 0) is 35.1 Å². The number of carbonyl (C=O) groups is 1. The molecule has 1 aliphatic rings. The van der Waals surface area contributed by atoms with Gasteiger partial charge in [0.2, 0.25) is 0 Å².